The Bertz CT molecular complexity index is 473. The minimum absolute atomic E-state index is 0.408. The minimum Gasteiger partial charge on any atom is -0.480 e. The van der Waals surface area contributed by atoms with Crippen molar-refractivity contribution in [2.45, 2.75) is 84.2 Å². The van der Waals surface area contributed by atoms with Crippen molar-refractivity contribution in [3.05, 3.63) is 11.1 Å². The lowest BCUT2D eigenvalue weighted by Gasteiger charge is -2.40. The molecule has 0 atom stereocenters. The number of allylic oxidation sites excluding steroid dienone is 1. The highest BCUT2D eigenvalue weighted by atomic mass is 16.6. The van der Waals surface area contributed by atoms with Crippen LogP contribution in [0.3, 0.4) is 0 Å². The first-order valence-corrected chi connectivity index (χ1v) is 8.45. The molecule has 0 radical (unpaired) electrons. The maximum Gasteiger partial charge on any atom is 0.324 e. The third-order valence-electron chi connectivity index (χ3n) is 5.64. The summed E-state index contributed by atoms with van der Waals surface area (Å²) in [5.74, 6) is -1.53. The Morgan fingerprint density at radius 2 is 1.36 bits per heavy atom. The van der Waals surface area contributed by atoms with Crippen molar-refractivity contribution in [1.82, 2.24) is 0 Å². The fraction of sp³-hybridized carbons (Fsp3) is 0.778. The molecule has 4 nitrogen and oxygen atoms in total. The maximum atomic E-state index is 12.8. The SMILES string of the molecule is CC(C)=C(C)C1(OC(=O)C2(C(=O)O)CCCC2)CCCCC1. The number of carboxylic acids is 1. The lowest BCUT2D eigenvalue weighted by Crippen LogP contribution is -2.46. The summed E-state index contributed by atoms with van der Waals surface area (Å²) in [6, 6.07) is 0. The zero-order valence-electron chi connectivity index (χ0n) is 14.0. The van der Waals surface area contributed by atoms with Gasteiger partial charge in [0.15, 0.2) is 5.41 Å². The number of ether oxygens (including phenoxy) is 1. The Kier molecular flexibility index (Phi) is 4.98. The lowest BCUT2D eigenvalue weighted by atomic mass is 9.77. The van der Waals surface area contributed by atoms with E-state index in [0.29, 0.717) is 12.8 Å². The number of carbonyl (C=O) groups is 2. The Labute approximate surface area is 132 Å². The van der Waals surface area contributed by atoms with Crippen molar-refractivity contribution in [3.8, 4) is 0 Å². The van der Waals surface area contributed by atoms with Gasteiger partial charge in [-0.05, 0) is 64.9 Å². The molecule has 2 rings (SSSR count). The maximum absolute atomic E-state index is 12.8. The Hall–Kier alpha value is -1.32. The van der Waals surface area contributed by atoms with Crippen LogP contribution in [0.2, 0.25) is 0 Å². The van der Waals surface area contributed by atoms with E-state index in [-0.39, 0.29) is 0 Å². The molecule has 2 saturated carbocycles. The van der Waals surface area contributed by atoms with Gasteiger partial charge in [-0.25, -0.2) is 0 Å². The predicted molar refractivity (Wildman–Crippen MR) is 84.5 cm³/mol. The number of esters is 1. The molecule has 0 unspecified atom stereocenters. The monoisotopic (exact) mass is 308 g/mol. The van der Waals surface area contributed by atoms with Crippen molar-refractivity contribution in [2.24, 2.45) is 5.41 Å². The molecule has 2 fully saturated rings. The van der Waals surface area contributed by atoms with Crippen molar-refractivity contribution < 1.29 is 19.4 Å². The van der Waals surface area contributed by atoms with E-state index in [2.05, 4.69) is 0 Å². The molecule has 2 aliphatic rings. The number of aliphatic carboxylic acids is 1. The second-order valence-corrected chi connectivity index (χ2v) is 7.16. The van der Waals surface area contributed by atoms with Crippen LogP contribution in [0, 0.1) is 5.41 Å². The number of carbonyl (C=O) groups excluding carboxylic acids is 1. The van der Waals surface area contributed by atoms with Gasteiger partial charge < -0.3 is 9.84 Å². The highest BCUT2D eigenvalue weighted by molar-refractivity contribution is 5.99. The zero-order valence-corrected chi connectivity index (χ0v) is 14.0. The molecule has 0 saturated heterocycles. The van der Waals surface area contributed by atoms with E-state index in [4.69, 9.17) is 4.74 Å². The van der Waals surface area contributed by atoms with Gasteiger partial charge in [0.2, 0.25) is 0 Å². The van der Waals surface area contributed by atoms with Gasteiger partial charge in [0, 0.05) is 0 Å². The average Bonchev–Trinajstić information content (AvgIpc) is 2.98. The summed E-state index contributed by atoms with van der Waals surface area (Å²) in [6.45, 7) is 6.08. The van der Waals surface area contributed by atoms with E-state index in [1.54, 1.807) is 0 Å². The summed E-state index contributed by atoms with van der Waals surface area (Å²) in [5, 5.41) is 9.58. The molecule has 0 bridgehead atoms. The zero-order chi connectivity index (χ0) is 16.4. The molecule has 0 amide bonds. The highest BCUT2D eigenvalue weighted by Gasteiger charge is 2.52. The van der Waals surface area contributed by atoms with Crippen LogP contribution >= 0.6 is 0 Å². The van der Waals surface area contributed by atoms with Gasteiger partial charge >= 0.3 is 11.9 Å². The van der Waals surface area contributed by atoms with Gasteiger partial charge in [0.25, 0.3) is 0 Å². The first kappa shape index (κ1) is 17.0. The second-order valence-electron chi connectivity index (χ2n) is 7.16. The van der Waals surface area contributed by atoms with Gasteiger partial charge in [-0.1, -0.05) is 24.8 Å². The van der Waals surface area contributed by atoms with Gasteiger partial charge in [0.1, 0.15) is 5.60 Å². The van der Waals surface area contributed by atoms with Crippen LogP contribution in [0.1, 0.15) is 78.6 Å². The Morgan fingerprint density at radius 3 is 1.82 bits per heavy atom. The van der Waals surface area contributed by atoms with E-state index in [1.807, 2.05) is 20.8 Å². The summed E-state index contributed by atoms with van der Waals surface area (Å²) in [6.07, 6.45) is 7.22. The van der Waals surface area contributed by atoms with E-state index in [1.165, 1.54) is 0 Å². The Morgan fingerprint density at radius 1 is 0.864 bits per heavy atom. The molecule has 4 heteroatoms. The number of carboxylic acid groups (broad SMARTS) is 1. The summed E-state index contributed by atoms with van der Waals surface area (Å²) in [4.78, 5) is 24.5. The molecule has 0 spiro atoms. The number of hydrogen-bond acceptors (Lipinski definition) is 3. The Balaban J connectivity index is 2.29. The molecule has 2 aliphatic carbocycles. The summed E-state index contributed by atoms with van der Waals surface area (Å²) in [7, 11) is 0. The topological polar surface area (TPSA) is 63.6 Å². The van der Waals surface area contributed by atoms with Crippen LogP contribution in [0.5, 0.6) is 0 Å². The van der Waals surface area contributed by atoms with Gasteiger partial charge in [-0.15, -0.1) is 0 Å². The molecular formula is C18H28O4. The molecular weight excluding hydrogens is 280 g/mol. The number of hydrogen-bond donors (Lipinski definition) is 1. The first-order valence-electron chi connectivity index (χ1n) is 8.45. The van der Waals surface area contributed by atoms with Gasteiger partial charge in [0.05, 0.1) is 0 Å². The summed E-state index contributed by atoms with van der Waals surface area (Å²) >= 11 is 0. The third kappa shape index (κ3) is 2.92. The minimum atomic E-state index is -1.31. The van der Waals surface area contributed by atoms with Crippen LogP contribution in [-0.4, -0.2) is 22.6 Å². The third-order valence-corrected chi connectivity index (χ3v) is 5.64. The second kappa shape index (κ2) is 6.43. The molecule has 1 N–H and O–H groups in total. The van der Waals surface area contributed by atoms with Crippen LogP contribution in [-0.2, 0) is 14.3 Å². The predicted octanol–water partition coefficient (Wildman–Crippen LogP) is 4.23. The van der Waals surface area contributed by atoms with Crippen LogP contribution in [0.15, 0.2) is 11.1 Å². The molecule has 0 aliphatic heterocycles. The molecule has 0 heterocycles. The fourth-order valence-corrected chi connectivity index (χ4v) is 3.89. The van der Waals surface area contributed by atoms with E-state index < -0.39 is 23.0 Å². The first-order chi connectivity index (χ1) is 10.3. The van der Waals surface area contributed by atoms with E-state index in [9.17, 15) is 14.7 Å². The molecule has 0 aromatic rings. The van der Waals surface area contributed by atoms with Crippen molar-refractivity contribution in [2.75, 3.05) is 0 Å². The average molecular weight is 308 g/mol. The van der Waals surface area contributed by atoms with Crippen molar-refractivity contribution in [3.63, 3.8) is 0 Å². The largest absolute Gasteiger partial charge is 0.480 e. The van der Waals surface area contributed by atoms with E-state index >= 15 is 0 Å². The van der Waals surface area contributed by atoms with Crippen molar-refractivity contribution in [1.29, 1.82) is 0 Å². The number of rotatable bonds is 4. The molecule has 0 aromatic carbocycles. The quantitative estimate of drug-likeness (QED) is 0.479. The highest BCUT2D eigenvalue weighted by Crippen LogP contribution is 2.44. The molecule has 0 aromatic heterocycles. The van der Waals surface area contributed by atoms with E-state index in [0.717, 1.165) is 56.1 Å². The fourth-order valence-electron chi connectivity index (χ4n) is 3.89. The van der Waals surface area contributed by atoms with Crippen LogP contribution < -0.4 is 0 Å². The lowest BCUT2D eigenvalue weighted by molar-refractivity contribution is -0.179. The van der Waals surface area contributed by atoms with Gasteiger partial charge in [-0.2, -0.15) is 0 Å². The summed E-state index contributed by atoms with van der Waals surface area (Å²) in [5.41, 5.74) is 0.357. The standard InChI is InChI=1S/C18H28O4/c1-13(2)14(3)18(11-5-4-6-12-18)22-16(21)17(15(19)20)9-7-8-10-17/h4-12H2,1-3H3,(H,19,20). The smallest absolute Gasteiger partial charge is 0.324 e. The van der Waals surface area contributed by atoms with Crippen LogP contribution in [0.4, 0.5) is 0 Å². The van der Waals surface area contributed by atoms with Crippen LogP contribution in [0.25, 0.3) is 0 Å². The normalized spacial score (nSPS) is 22.9. The van der Waals surface area contributed by atoms with Gasteiger partial charge in [-0.3, -0.25) is 9.59 Å². The van der Waals surface area contributed by atoms with Crippen molar-refractivity contribution >= 4 is 11.9 Å². The molecule has 22 heavy (non-hydrogen) atoms. The molecule has 124 valence electrons. The summed E-state index contributed by atoms with van der Waals surface area (Å²) < 4.78 is 5.97.